The van der Waals surface area contributed by atoms with Crippen LogP contribution in [-0.4, -0.2) is 35.8 Å². The van der Waals surface area contributed by atoms with Gasteiger partial charge in [-0.3, -0.25) is 0 Å². The Morgan fingerprint density at radius 2 is 2.17 bits per heavy atom. The maximum absolute atomic E-state index is 12.6. The highest BCUT2D eigenvalue weighted by Crippen LogP contribution is 2.30. The highest BCUT2D eigenvalue weighted by Gasteiger charge is 2.34. The van der Waals surface area contributed by atoms with E-state index < -0.39 is 11.9 Å². The van der Waals surface area contributed by atoms with Gasteiger partial charge < -0.3 is 15.4 Å². The van der Waals surface area contributed by atoms with Crippen molar-refractivity contribution in [1.82, 2.24) is 9.97 Å². The number of nitrogens with two attached hydrogens (primary N) is 1. The molecule has 0 radical (unpaired) electrons. The third-order valence-corrected chi connectivity index (χ3v) is 2.68. The predicted octanol–water partition coefficient (Wildman–Crippen LogP) is 1.30. The van der Waals surface area contributed by atoms with Crippen LogP contribution in [0.3, 0.4) is 0 Å². The van der Waals surface area contributed by atoms with E-state index in [0.29, 0.717) is 19.8 Å². The van der Waals surface area contributed by atoms with Crippen molar-refractivity contribution in [2.24, 2.45) is 0 Å². The summed E-state index contributed by atoms with van der Waals surface area (Å²) in [7, 11) is 0. The van der Waals surface area contributed by atoms with E-state index >= 15 is 0 Å². The number of halogens is 3. The molecule has 2 heterocycles. The van der Waals surface area contributed by atoms with Gasteiger partial charge in [-0.25, -0.2) is 4.98 Å². The number of hydrogen-bond donors (Lipinski definition) is 1. The summed E-state index contributed by atoms with van der Waals surface area (Å²) in [6.45, 7) is 3.24. The van der Waals surface area contributed by atoms with Crippen LogP contribution in [0.5, 0.6) is 0 Å². The monoisotopic (exact) mass is 262 g/mol. The molecule has 5 nitrogen and oxygen atoms in total. The van der Waals surface area contributed by atoms with Crippen molar-refractivity contribution in [3.8, 4) is 0 Å². The number of ether oxygens (including phenoxy) is 1. The highest BCUT2D eigenvalue weighted by atomic mass is 19.4. The van der Waals surface area contributed by atoms with Gasteiger partial charge in [0.05, 0.1) is 19.3 Å². The number of hydrogen-bond acceptors (Lipinski definition) is 5. The van der Waals surface area contributed by atoms with Crippen LogP contribution in [0.15, 0.2) is 6.07 Å². The molecular formula is C10H13F3N4O. The van der Waals surface area contributed by atoms with Crippen LogP contribution in [0, 0.1) is 0 Å². The van der Waals surface area contributed by atoms with Crippen molar-refractivity contribution in [2.75, 3.05) is 30.4 Å². The van der Waals surface area contributed by atoms with E-state index in [1.807, 2.05) is 6.92 Å². The first-order valence-electron chi connectivity index (χ1n) is 5.44. The summed E-state index contributed by atoms with van der Waals surface area (Å²) in [5.74, 6) is -0.191. The van der Waals surface area contributed by atoms with Gasteiger partial charge in [0, 0.05) is 12.6 Å². The third kappa shape index (κ3) is 2.63. The minimum absolute atomic E-state index is 0.0471. The fourth-order valence-corrected chi connectivity index (χ4v) is 1.81. The number of morpholine rings is 1. The molecule has 18 heavy (non-hydrogen) atoms. The first kappa shape index (κ1) is 12.9. The van der Waals surface area contributed by atoms with Crippen LogP contribution in [0.1, 0.15) is 12.6 Å². The average molecular weight is 262 g/mol. The molecule has 8 heteroatoms. The summed E-state index contributed by atoms with van der Waals surface area (Å²) < 4.78 is 43.1. The standard InChI is InChI=1S/C10H13F3N4O/c1-6-5-18-3-2-17(6)8-4-7(10(11,12)13)15-9(14)16-8/h4,6H,2-3,5H2,1H3,(H2,14,15,16). The normalized spacial score (nSPS) is 21.1. The lowest BCUT2D eigenvalue weighted by atomic mass is 10.2. The number of nitrogens with zero attached hydrogens (tertiary/aromatic N) is 3. The molecule has 1 aromatic heterocycles. The van der Waals surface area contributed by atoms with E-state index in [1.54, 1.807) is 4.90 Å². The Labute approximate surface area is 102 Å². The molecule has 0 aliphatic carbocycles. The third-order valence-electron chi connectivity index (χ3n) is 2.68. The van der Waals surface area contributed by atoms with Crippen LogP contribution in [0.25, 0.3) is 0 Å². The fourth-order valence-electron chi connectivity index (χ4n) is 1.81. The lowest BCUT2D eigenvalue weighted by Gasteiger charge is -2.34. The van der Waals surface area contributed by atoms with Crippen molar-refractivity contribution >= 4 is 11.8 Å². The zero-order valence-corrected chi connectivity index (χ0v) is 9.74. The molecule has 1 aliphatic rings. The van der Waals surface area contributed by atoms with Crippen LogP contribution in [0.2, 0.25) is 0 Å². The summed E-state index contributed by atoms with van der Waals surface area (Å²) in [5, 5.41) is 0. The largest absolute Gasteiger partial charge is 0.433 e. The van der Waals surface area contributed by atoms with Gasteiger partial charge in [0.25, 0.3) is 0 Å². The predicted molar refractivity (Wildman–Crippen MR) is 59.1 cm³/mol. The van der Waals surface area contributed by atoms with Crippen LogP contribution in [0.4, 0.5) is 24.9 Å². The first-order chi connectivity index (χ1) is 8.38. The molecule has 0 saturated carbocycles. The summed E-state index contributed by atoms with van der Waals surface area (Å²) in [5.41, 5.74) is 4.30. The fraction of sp³-hybridized carbons (Fsp3) is 0.600. The second-order valence-corrected chi connectivity index (χ2v) is 4.08. The topological polar surface area (TPSA) is 64.3 Å². The molecule has 1 fully saturated rings. The van der Waals surface area contributed by atoms with Gasteiger partial charge in [-0.15, -0.1) is 0 Å². The Balaban J connectivity index is 2.35. The maximum atomic E-state index is 12.6. The molecule has 0 aromatic carbocycles. The van der Waals surface area contributed by atoms with Crippen molar-refractivity contribution in [3.05, 3.63) is 11.8 Å². The van der Waals surface area contributed by atoms with E-state index in [9.17, 15) is 13.2 Å². The van der Waals surface area contributed by atoms with Crippen molar-refractivity contribution in [3.63, 3.8) is 0 Å². The molecule has 100 valence electrons. The molecule has 1 saturated heterocycles. The first-order valence-corrected chi connectivity index (χ1v) is 5.44. The summed E-state index contributed by atoms with van der Waals surface area (Å²) in [6, 6.07) is 0.868. The zero-order chi connectivity index (χ0) is 13.3. The second-order valence-electron chi connectivity index (χ2n) is 4.08. The van der Waals surface area contributed by atoms with Crippen LogP contribution >= 0.6 is 0 Å². The van der Waals surface area contributed by atoms with Gasteiger partial charge in [0.1, 0.15) is 5.82 Å². The highest BCUT2D eigenvalue weighted by molar-refractivity contribution is 5.45. The minimum Gasteiger partial charge on any atom is -0.377 e. The van der Waals surface area contributed by atoms with E-state index in [-0.39, 0.29) is 17.8 Å². The van der Waals surface area contributed by atoms with E-state index in [1.165, 1.54) is 0 Å². The molecule has 0 spiro atoms. The quantitative estimate of drug-likeness (QED) is 0.826. The van der Waals surface area contributed by atoms with E-state index in [0.717, 1.165) is 6.07 Å². The van der Waals surface area contributed by atoms with Gasteiger partial charge in [-0.05, 0) is 6.92 Å². The average Bonchev–Trinajstić information content (AvgIpc) is 2.27. The number of nitrogen functional groups attached to an aromatic ring is 1. The Kier molecular flexibility index (Phi) is 3.29. The number of rotatable bonds is 1. The Morgan fingerprint density at radius 1 is 1.44 bits per heavy atom. The maximum Gasteiger partial charge on any atom is 0.433 e. The minimum atomic E-state index is -4.53. The summed E-state index contributed by atoms with van der Waals surface area (Å²) in [4.78, 5) is 8.80. The second kappa shape index (κ2) is 4.60. The summed E-state index contributed by atoms with van der Waals surface area (Å²) >= 11 is 0. The number of anilines is 2. The van der Waals surface area contributed by atoms with Crippen LogP contribution in [-0.2, 0) is 10.9 Å². The van der Waals surface area contributed by atoms with Gasteiger partial charge in [0.2, 0.25) is 5.95 Å². The molecule has 0 amide bonds. The lowest BCUT2D eigenvalue weighted by Crippen LogP contribution is -2.44. The van der Waals surface area contributed by atoms with Gasteiger partial charge in [-0.2, -0.15) is 18.2 Å². The van der Waals surface area contributed by atoms with Gasteiger partial charge >= 0.3 is 6.18 Å². The molecule has 1 unspecified atom stereocenters. The molecule has 1 aromatic rings. The zero-order valence-electron chi connectivity index (χ0n) is 9.74. The molecule has 2 rings (SSSR count). The molecule has 1 aliphatic heterocycles. The van der Waals surface area contributed by atoms with E-state index in [2.05, 4.69) is 9.97 Å². The lowest BCUT2D eigenvalue weighted by molar-refractivity contribution is -0.141. The Morgan fingerprint density at radius 3 is 2.78 bits per heavy atom. The molecular weight excluding hydrogens is 249 g/mol. The van der Waals surface area contributed by atoms with Crippen molar-refractivity contribution < 1.29 is 17.9 Å². The molecule has 1 atom stereocenters. The summed E-state index contributed by atoms with van der Waals surface area (Å²) in [6.07, 6.45) is -4.53. The van der Waals surface area contributed by atoms with Crippen molar-refractivity contribution in [1.29, 1.82) is 0 Å². The SMILES string of the molecule is CC1COCCN1c1cc(C(F)(F)F)nc(N)n1. The van der Waals surface area contributed by atoms with Gasteiger partial charge in [-0.1, -0.05) is 0 Å². The van der Waals surface area contributed by atoms with Crippen molar-refractivity contribution in [2.45, 2.75) is 19.1 Å². The number of aromatic nitrogens is 2. The molecule has 2 N–H and O–H groups in total. The van der Waals surface area contributed by atoms with E-state index in [4.69, 9.17) is 10.5 Å². The number of alkyl halides is 3. The molecule has 0 bridgehead atoms. The Hall–Kier alpha value is -1.57. The Bertz CT molecular complexity index is 438. The smallest absolute Gasteiger partial charge is 0.377 e. The van der Waals surface area contributed by atoms with Gasteiger partial charge in [0.15, 0.2) is 5.69 Å². The van der Waals surface area contributed by atoms with Crippen LogP contribution < -0.4 is 10.6 Å².